The van der Waals surface area contributed by atoms with Gasteiger partial charge in [-0.05, 0) is 75.0 Å². The normalized spacial score (nSPS) is 11.2. The van der Waals surface area contributed by atoms with Crippen LogP contribution in [0.2, 0.25) is 5.02 Å². The third kappa shape index (κ3) is 6.90. The van der Waals surface area contributed by atoms with Gasteiger partial charge in [0.25, 0.3) is 0 Å². The number of H-pyrrole nitrogens is 1. The van der Waals surface area contributed by atoms with Crippen LogP contribution in [0.15, 0.2) is 48.5 Å². The molecule has 33 heavy (non-hydrogen) atoms. The van der Waals surface area contributed by atoms with Crippen LogP contribution < -0.4 is 5.32 Å². The Hall–Kier alpha value is -3.17. The molecule has 1 aromatic heterocycles. The van der Waals surface area contributed by atoms with E-state index in [1.54, 1.807) is 29.8 Å². The van der Waals surface area contributed by atoms with Crippen molar-refractivity contribution >= 4 is 41.5 Å². The van der Waals surface area contributed by atoms with E-state index in [4.69, 9.17) is 28.6 Å². The van der Waals surface area contributed by atoms with Crippen molar-refractivity contribution in [1.82, 2.24) is 19.7 Å². The smallest absolute Gasteiger partial charge is 0.410 e. The Morgan fingerprint density at radius 3 is 2.58 bits per heavy atom. The summed E-state index contributed by atoms with van der Waals surface area (Å²) in [7, 11) is 1.66. The number of rotatable bonds is 6. The lowest BCUT2D eigenvalue weighted by Crippen LogP contribution is -2.33. The average Bonchev–Trinajstić information content (AvgIpc) is 3.07. The Bertz CT molecular complexity index is 1200. The quantitative estimate of drug-likeness (QED) is 0.462. The molecular formula is C23H26ClN5O3S. The maximum absolute atomic E-state index is 12.7. The number of nitrogens with one attached hydrogen (secondary N) is 2. The first-order chi connectivity index (χ1) is 15.5. The van der Waals surface area contributed by atoms with Crippen molar-refractivity contribution in [3.8, 4) is 11.4 Å². The predicted octanol–water partition coefficient (Wildman–Crippen LogP) is 5.27. The molecule has 0 spiro atoms. The minimum absolute atomic E-state index is 0.0185. The molecule has 10 heteroatoms. The number of carbonyl (C=O) groups is 2. The van der Waals surface area contributed by atoms with E-state index in [1.807, 2.05) is 51.1 Å². The zero-order chi connectivity index (χ0) is 24.2. The summed E-state index contributed by atoms with van der Waals surface area (Å²) in [5.74, 6) is 0.278. The third-order valence-corrected chi connectivity index (χ3v) is 5.06. The number of nitrogens with zero attached hydrogens (tertiary/aromatic N) is 3. The summed E-state index contributed by atoms with van der Waals surface area (Å²) < 4.78 is 7.33. The summed E-state index contributed by atoms with van der Waals surface area (Å²) in [6, 6.07) is 14.4. The fraction of sp³-hybridized carbons (Fsp3) is 0.304. The lowest BCUT2D eigenvalue weighted by atomic mass is 10.2. The summed E-state index contributed by atoms with van der Waals surface area (Å²) in [6.45, 7) is 5.78. The van der Waals surface area contributed by atoms with Crippen LogP contribution in [0.1, 0.15) is 26.3 Å². The fourth-order valence-electron chi connectivity index (χ4n) is 3.05. The number of amides is 2. The second-order valence-corrected chi connectivity index (χ2v) is 9.35. The predicted molar refractivity (Wildman–Crippen MR) is 131 cm³/mol. The van der Waals surface area contributed by atoms with Crippen LogP contribution in [0, 0.1) is 4.77 Å². The molecule has 0 aliphatic rings. The van der Waals surface area contributed by atoms with Crippen LogP contribution in [-0.2, 0) is 22.6 Å². The van der Waals surface area contributed by atoms with Crippen molar-refractivity contribution < 1.29 is 14.3 Å². The van der Waals surface area contributed by atoms with E-state index in [0.29, 0.717) is 27.9 Å². The minimum atomic E-state index is -0.569. The number of anilines is 1. The van der Waals surface area contributed by atoms with Gasteiger partial charge in [-0.1, -0.05) is 23.7 Å². The van der Waals surface area contributed by atoms with Gasteiger partial charge in [0, 0.05) is 29.9 Å². The van der Waals surface area contributed by atoms with E-state index < -0.39 is 11.7 Å². The number of hydrogen-bond donors (Lipinski definition) is 2. The monoisotopic (exact) mass is 487 g/mol. The molecule has 0 radical (unpaired) electrons. The molecular weight excluding hydrogens is 462 g/mol. The Morgan fingerprint density at radius 1 is 1.21 bits per heavy atom. The molecule has 174 valence electrons. The standard InChI is InChI=1S/C23H26ClN5O3S/c1-23(2,3)32-22(31)28(4)13-15-6-5-7-18(12-15)25-19(30)14-29-20(26-27-21(29)33)16-8-10-17(24)11-9-16/h5-12H,13-14H2,1-4H3,(H,25,30)(H,27,33). The molecule has 0 unspecified atom stereocenters. The Kier molecular flexibility index (Phi) is 7.55. The van der Waals surface area contributed by atoms with Crippen LogP contribution in [0.4, 0.5) is 10.5 Å². The first-order valence-corrected chi connectivity index (χ1v) is 11.0. The molecule has 2 N–H and O–H groups in total. The zero-order valence-electron chi connectivity index (χ0n) is 18.9. The van der Waals surface area contributed by atoms with Crippen molar-refractivity contribution in [2.24, 2.45) is 0 Å². The SMILES string of the molecule is CN(Cc1cccc(NC(=O)Cn2c(-c3ccc(Cl)cc3)n[nH]c2=S)c1)C(=O)OC(C)(C)C. The van der Waals surface area contributed by atoms with E-state index >= 15 is 0 Å². The first-order valence-electron chi connectivity index (χ1n) is 10.3. The largest absolute Gasteiger partial charge is 0.444 e. The molecule has 0 aliphatic carbocycles. The molecule has 0 saturated carbocycles. The number of aromatic amines is 1. The van der Waals surface area contributed by atoms with E-state index in [-0.39, 0.29) is 12.5 Å². The highest BCUT2D eigenvalue weighted by Gasteiger charge is 2.20. The molecule has 0 atom stereocenters. The molecule has 0 fully saturated rings. The summed E-state index contributed by atoms with van der Waals surface area (Å²) in [5.41, 5.74) is 1.67. The van der Waals surface area contributed by atoms with Crippen molar-refractivity contribution in [2.45, 2.75) is 39.5 Å². The Labute approximate surface area is 202 Å². The first kappa shape index (κ1) is 24.5. The van der Waals surface area contributed by atoms with E-state index in [1.165, 1.54) is 4.90 Å². The van der Waals surface area contributed by atoms with Crippen LogP contribution in [-0.4, -0.2) is 44.3 Å². The highest BCUT2D eigenvalue weighted by atomic mass is 35.5. The Balaban J connectivity index is 1.68. The summed E-state index contributed by atoms with van der Waals surface area (Å²) >= 11 is 11.3. The number of ether oxygens (including phenoxy) is 1. The van der Waals surface area contributed by atoms with Gasteiger partial charge in [-0.15, -0.1) is 0 Å². The molecule has 2 aromatic carbocycles. The van der Waals surface area contributed by atoms with Gasteiger partial charge in [-0.25, -0.2) is 4.79 Å². The second-order valence-electron chi connectivity index (χ2n) is 8.53. The Morgan fingerprint density at radius 2 is 1.91 bits per heavy atom. The van der Waals surface area contributed by atoms with Gasteiger partial charge in [-0.2, -0.15) is 5.10 Å². The van der Waals surface area contributed by atoms with E-state index in [9.17, 15) is 9.59 Å². The number of aromatic nitrogens is 3. The molecule has 1 heterocycles. The van der Waals surface area contributed by atoms with E-state index in [2.05, 4.69) is 15.5 Å². The lowest BCUT2D eigenvalue weighted by Gasteiger charge is -2.24. The van der Waals surface area contributed by atoms with Gasteiger partial charge in [0.2, 0.25) is 5.91 Å². The average molecular weight is 488 g/mol. The second kappa shape index (κ2) is 10.2. The van der Waals surface area contributed by atoms with Crippen LogP contribution in [0.5, 0.6) is 0 Å². The maximum atomic E-state index is 12.7. The van der Waals surface area contributed by atoms with Gasteiger partial charge >= 0.3 is 6.09 Å². The minimum Gasteiger partial charge on any atom is -0.444 e. The van der Waals surface area contributed by atoms with Gasteiger partial charge in [0.05, 0.1) is 0 Å². The highest BCUT2D eigenvalue weighted by Crippen LogP contribution is 2.20. The number of halogens is 1. The summed E-state index contributed by atoms with van der Waals surface area (Å²) in [6.07, 6.45) is -0.416. The highest BCUT2D eigenvalue weighted by molar-refractivity contribution is 7.71. The molecule has 0 bridgehead atoms. The number of hydrogen-bond acceptors (Lipinski definition) is 5. The van der Waals surface area contributed by atoms with Gasteiger partial charge in [-0.3, -0.25) is 14.5 Å². The molecule has 0 saturated heterocycles. The lowest BCUT2D eigenvalue weighted by molar-refractivity contribution is -0.116. The number of benzene rings is 2. The summed E-state index contributed by atoms with van der Waals surface area (Å²) in [5, 5.41) is 10.4. The van der Waals surface area contributed by atoms with Crippen molar-refractivity contribution in [1.29, 1.82) is 0 Å². The van der Waals surface area contributed by atoms with Crippen molar-refractivity contribution in [3.63, 3.8) is 0 Å². The van der Waals surface area contributed by atoms with Gasteiger partial charge in [0.1, 0.15) is 12.1 Å². The van der Waals surface area contributed by atoms with Crippen molar-refractivity contribution in [3.05, 3.63) is 63.9 Å². The van der Waals surface area contributed by atoms with Gasteiger partial charge < -0.3 is 15.0 Å². The number of carbonyl (C=O) groups excluding carboxylic acids is 2. The van der Waals surface area contributed by atoms with Crippen LogP contribution in [0.3, 0.4) is 0 Å². The van der Waals surface area contributed by atoms with Crippen LogP contribution >= 0.6 is 23.8 Å². The summed E-state index contributed by atoms with van der Waals surface area (Å²) in [4.78, 5) is 26.4. The molecule has 8 nitrogen and oxygen atoms in total. The van der Waals surface area contributed by atoms with E-state index in [0.717, 1.165) is 11.1 Å². The van der Waals surface area contributed by atoms with Crippen molar-refractivity contribution in [2.75, 3.05) is 12.4 Å². The molecule has 3 rings (SSSR count). The third-order valence-electron chi connectivity index (χ3n) is 4.50. The van der Waals surface area contributed by atoms with Crippen LogP contribution in [0.25, 0.3) is 11.4 Å². The molecule has 3 aromatic rings. The fourth-order valence-corrected chi connectivity index (χ4v) is 3.38. The molecule has 2 amide bonds. The topological polar surface area (TPSA) is 92.3 Å². The zero-order valence-corrected chi connectivity index (χ0v) is 20.5. The maximum Gasteiger partial charge on any atom is 0.410 e. The van der Waals surface area contributed by atoms with Gasteiger partial charge in [0.15, 0.2) is 10.6 Å². The molecule has 0 aliphatic heterocycles.